The van der Waals surface area contributed by atoms with E-state index in [1.165, 1.54) is 0 Å². The monoisotopic (exact) mass is 202 g/mol. The molecule has 56 valence electrons. The van der Waals surface area contributed by atoms with E-state index in [9.17, 15) is 4.79 Å². The first-order valence-electron chi connectivity index (χ1n) is 3.87. The van der Waals surface area contributed by atoms with E-state index in [0.29, 0.717) is 16.5 Å². The Bertz CT molecular complexity index is 178. The summed E-state index contributed by atoms with van der Waals surface area (Å²) in [4.78, 5) is 11.6. The highest BCUT2D eigenvalue weighted by molar-refractivity contribution is 9.09. The summed E-state index contributed by atoms with van der Waals surface area (Å²) < 4.78 is 0. The lowest BCUT2D eigenvalue weighted by Gasteiger charge is -2.30. The van der Waals surface area contributed by atoms with Crippen molar-refractivity contribution in [3.63, 3.8) is 0 Å². The minimum Gasteiger partial charge on any atom is -0.299 e. The summed E-state index contributed by atoms with van der Waals surface area (Å²) in [6.45, 7) is 2.25. The Balaban J connectivity index is 2.13. The largest absolute Gasteiger partial charge is 0.299 e. The molecule has 4 atom stereocenters. The van der Waals surface area contributed by atoms with Crippen molar-refractivity contribution in [3.05, 3.63) is 0 Å². The fraction of sp³-hybridized carbons (Fsp3) is 0.875. The number of alkyl halides is 1. The van der Waals surface area contributed by atoms with Gasteiger partial charge in [0, 0.05) is 17.2 Å². The van der Waals surface area contributed by atoms with Crippen molar-refractivity contribution in [1.29, 1.82) is 0 Å². The summed E-state index contributed by atoms with van der Waals surface area (Å²) in [6, 6.07) is 0. The number of ketones is 1. The van der Waals surface area contributed by atoms with Crippen LogP contribution in [0.4, 0.5) is 0 Å². The summed E-state index contributed by atoms with van der Waals surface area (Å²) >= 11 is 3.60. The molecular formula is C8H11BrO. The van der Waals surface area contributed by atoms with E-state index in [0.717, 1.165) is 24.7 Å². The summed E-state index contributed by atoms with van der Waals surface area (Å²) in [5.41, 5.74) is 0. The third-order valence-electron chi connectivity index (χ3n) is 3.09. The zero-order valence-electron chi connectivity index (χ0n) is 6.01. The molecule has 0 aliphatic heterocycles. The second-order valence-electron chi connectivity index (χ2n) is 3.55. The van der Waals surface area contributed by atoms with Crippen LogP contribution in [0.15, 0.2) is 0 Å². The second kappa shape index (κ2) is 2.07. The van der Waals surface area contributed by atoms with Gasteiger partial charge in [-0.1, -0.05) is 22.9 Å². The van der Waals surface area contributed by atoms with Gasteiger partial charge in [-0.2, -0.15) is 0 Å². The van der Waals surface area contributed by atoms with Crippen molar-refractivity contribution in [2.75, 3.05) is 0 Å². The zero-order valence-corrected chi connectivity index (χ0v) is 7.60. The molecule has 1 unspecified atom stereocenters. The van der Waals surface area contributed by atoms with Crippen LogP contribution < -0.4 is 0 Å². The first-order chi connectivity index (χ1) is 4.70. The highest BCUT2D eigenvalue weighted by atomic mass is 79.9. The molecule has 2 aliphatic carbocycles. The predicted octanol–water partition coefficient (Wildman–Crippen LogP) is 1.99. The molecule has 0 amide bonds. The maximum Gasteiger partial charge on any atom is 0.136 e. The van der Waals surface area contributed by atoms with Gasteiger partial charge < -0.3 is 0 Å². The number of carbonyl (C=O) groups excluding carboxylic acids is 1. The van der Waals surface area contributed by atoms with Gasteiger partial charge >= 0.3 is 0 Å². The number of rotatable bonds is 0. The Morgan fingerprint density at radius 3 is 2.70 bits per heavy atom. The molecule has 2 rings (SSSR count). The van der Waals surface area contributed by atoms with Crippen molar-refractivity contribution < 1.29 is 4.79 Å². The molecule has 0 saturated heterocycles. The molecule has 0 bridgehead atoms. The molecule has 2 aliphatic rings. The van der Waals surface area contributed by atoms with Gasteiger partial charge in [0.1, 0.15) is 5.78 Å². The summed E-state index contributed by atoms with van der Waals surface area (Å²) in [7, 11) is 0. The molecule has 2 saturated carbocycles. The smallest absolute Gasteiger partial charge is 0.136 e. The first kappa shape index (κ1) is 6.84. The van der Waals surface area contributed by atoms with Crippen LogP contribution in [-0.2, 0) is 4.79 Å². The van der Waals surface area contributed by atoms with Crippen LogP contribution in [-0.4, -0.2) is 10.6 Å². The molecule has 0 radical (unpaired) electrons. The van der Waals surface area contributed by atoms with Crippen LogP contribution in [0.3, 0.4) is 0 Å². The molecule has 10 heavy (non-hydrogen) atoms. The van der Waals surface area contributed by atoms with Gasteiger partial charge in [0.15, 0.2) is 0 Å². The Morgan fingerprint density at radius 2 is 2.30 bits per heavy atom. The highest BCUT2D eigenvalue weighted by Gasteiger charge is 2.50. The molecule has 2 fully saturated rings. The maximum absolute atomic E-state index is 11.0. The number of halogens is 1. The Labute approximate surface area is 69.3 Å². The SMILES string of the molecule is C[C@H]1[C@H](Br)CC2C(=O)C[C@@H]21. The van der Waals surface area contributed by atoms with E-state index in [2.05, 4.69) is 22.9 Å². The van der Waals surface area contributed by atoms with Crippen molar-refractivity contribution in [2.45, 2.75) is 24.6 Å². The topological polar surface area (TPSA) is 17.1 Å². The molecule has 0 aromatic rings. The molecule has 0 aromatic heterocycles. The van der Waals surface area contributed by atoms with Crippen molar-refractivity contribution in [2.24, 2.45) is 17.8 Å². The lowest BCUT2D eigenvalue weighted by Crippen LogP contribution is -2.35. The van der Waals surface area contributed by atoms with Gasteiger partial charge in [0.05, 0.1) is 0 Å². The van der Waals surface area contributed by atoms with Crippen LogP contribution in [0, 0.1) is 17.8 Å². The number of Topliss-reactive ketones (excluding diaryl/α,β-unsaturated/α-hetero) is 1. The van der Waals surface area contributed by atoms with Crippen LogP contribution in [0.1, 0.15) is 19.8 Å². The number of hydrogen-bond acceptors (Lipinski definition) is 1. The molecule has 2 heteroatoms. The molecule has 0 heterocycles. The molecule has 0 aromatic carbocycles. The van der Waals surface area contributed by atoms with E-state index < -0.39 is 0 Å². The van der Waals surface area contributed by atoms with E-state index in [4.69, 9.17) is 0 Å². The number of fused-ring (bicyclic) bond motifs is 1. The van der Waals surface area contributed by atoms with Crippen LogP contribution >= 0.6 is 15.9 Å². The molecule has 0 spiro atoms. The summed E-state index contributed by atoms with van der Waals surface area (Å²) in [5.74, 6) is 2.37. The maximum atomic E-state index is 11.0. The van der Waals surface area contributed by atoms with E-state index in [-0.39, 0.29) is 0 Å². The fourth-order valence-electron chi connectivity index (χ4n) is 2.19. The van der Waals surface area contributed by atoms with Gasteiger partial charge in [-0.25, -0.2) is 0 Å². The van der Waals surface area contributed by atoms with Crippen molar-refractivity contribution >= 4 is 21.7 Å². The Kier molecular flexibility index (Phi) is 1.41. The minimum atomic E-state index is 0.430. The predicted molar refractivity (Wildman–Crippen MR) is 43.1 cm³/mol. The van der Waals surface area contributed by atoms with E-state index >= 15 is 0 Å². The first-order valence-corrected chi connectivity index (χ1v) is 4.78. The summed E-state index contributed by atoms with van der Waals surface area (Å²) in [5, 5.41) is 0. The third kappa shape index (κ3) is 0.714. The third-order valence-corrected chi connectivity index (χ3v) is 4.30. The van der Waals surface area contributed by atoms with E-state index in [1.54, 1.807) is 0 Å². The number of carbonyl (C=O) groups is 1. The standard InChI is InChI=1S/C8H11BrO/c1-4-5-3-8(10)6(5)2-7(4)9/h4-7H,2-3H2,1H3/t4-,5-,6?,7-/m1/s1. The van der Waals surface area contributed by atoms with Crippen molar-refractivity contribution in [3.8, 4) is 0 Å². The van der Waals surface area contributed by atoms with Gasteiger partial charge in [0.25, 0.3) is 0 Å². The van der Waals surface area contributed by atoms with Crippen LogP contribution in [0.25, 0.3) is 0 Å². The number of hydrogen-bond donors (Lipinski definition) is 0. The molecule has 0 N–H and O–H groups in total. The van der Waals surface area contributed by atoms with E-state index in [1.807, 2.05) is 0 Å². The lowest BCUT2D eigenvalue weighted by molar-refractivity contribution is -0.133. The summed E-state index contributed by atoms with van der Waals surface area (Å²) in [6.07, 6.45) is 1.94. The molecular weight excluding hydrogens is 192 g/mol. The minimum absolute atomic E-state index is 0.430. The second-order valence-corrected chi connectivity index (χ2v) is 4.73. The quantitative estimate of drug-likeness (QED) is 0.550. The Morgan fingerprint density at radius 1 is 1.60 bits per heavy atom. The average molecular weight is 203 g/mol. The fourth-order valence-corrected chi connectivity index (χ4v) is 2.98. The molecule has 1 nitrogen and oxygen atoms in total. The van der Waals surface area contributed by atoms with Gasteiger partial charge in [-0.3, -0.25) is 4.79 Å². The highest BCUT2D eigenvalue weighted by Crippen LogP contribution is 2.50. The zero-order chi connectivity index (χ0) is 7.30. The van der Waals surface area contributed by atoms with Gasteiger partial charge in [-0.15, -0.1) is 0 Å². The van der Waals surface area contributed by atoms with Gasteiger partial charge in [-0.05, 0) is 18.3 Å². The Hall–Kier alpha value is 0.150. The van der Waals surface area contributed by atoms with Gasteiger partial charge in [0.2, 0.25) is 0 Å². The van der Waals surface area contributed by atoms with Crippen LogP contribution in [0.5, 0.6) is 0 Å². The lowest BCUT2D eigenvalue weighted by atomic mass is 9.72. The normalized spacial score (nSPS) is 52.4. The van der Waals surface area contributed by atoms with Crippen molar-refractivity contribution in [1.82, 2.24) is 0 Å². The van der Waals surface area contributed by atoms with Crippen LogP contribution in [0.2, 0.25) is 0 Å². The average Bonchev–Trinajstić information content (AvgIpc) is 2.12.